The number of thiol groups is 1. The van der Waals surface area contributed by atoms with Crippen molar-refractivity contribution in [2.45, 2.75) is 5.44 Å². The van der Waals surface area contributed by atoms with Gasteiger partial charge in [-0.1, -0.05) is 0 Å². The van der Waals surface area contributed by atoms with Crippen LogP contribution in [0.2, 0.25) is 0 Å². The third-order valence-electron chi connectivity index (χ3n) is 0.513. The Morgan fingerprint density at radius 1 is 1.88 bits per heavy atom. The van der Waals surface area contributed by atoms with Gasteiger partial charge in [0.05, 0.1) is 5.75 Å². The molecule has 0 saturated carbocycles. The van der Waals surface area contributed by atoms with Gasteiger partial charge in [0.2, 0.25) is 0 Å². The first-order chi connectivity index (χ1) is 3.81. The molecule has 0 aromatic carbocycles. The van der Waals surface area contributed by atoms with Crippen LogP contribution in [0.4, 0.5) is 0 Å². The van der Waals surface area contributed by atoms with Gasteiger partial charge >= 0.3 is 0 Å². The van der Waals surface area contributed by atoms with E-state index >= 15 is 0 Å². The van der Waals surface area contributed by atoms with E-state index in [0.29, 0.717) is 11.5 Å². The fourth-order valence-corrected chi connectivity index (χ4v) is 0.925. The Balaban J connectivity index is 2.97. The predicted octanol–water partition coefficient (Wildman–Crippen LogP) is 0.167. The fourth-order valence-electron chi connectivity index (χ4n) is 0.203. The smallest absolute Gasteiger partial charge is 0.129 e. The van der Waals surface area contributed by atoms with Crippen molar-refractivity contribution in [2.24, 2.45) is 0 Å². The average molecular weight is 152 g/mol. The van der Waals surface area contributed by atoms with Gasteiger partial charge < -0.3 is 9.90 Å². The summed E-state index contributed by atoms with van der Waals surface area (Å²) in [4.78, 5) is 9.67. The van der Waals surface area contributed by atoms with Crippen LogP contribution in [-0.2, 0) is 4.79 Å². The van der Waals surface area contributed by atoms with Crippen molar-refractivity contribution in [3.8, 4) is 0 Å². The molecule has 0 aromatic rings. The summed E-state index contributed by atoms with van der Waals surface area (Å²) in [5.74, 6) is 0.750. The molecule has 0 aromatic heterocycles. The Hall–Kier alpha value is 0.330. The average Bonchev–Trinajstić information content (AvgIpc) is 1.83. The van der Waals surface area contributed by atoms with Gasteiger partial charge in [0, 0.05) is 5.75 Å². The molecule has 4 heteroatoms. The molecule has 0 bridgehead atoms. The van der Waals surface area contributed by atoms with Crippen LogP contribution < -0.4 is 0 Å². The minimum atomic E-state index is -0.497. The van der Waals surface area contributed by atoms with E-state index in [9.17, 15) is 4.79 Å². The van der Waals surface area contributed by atoms with Crippen molar-refractivity contribution < 1.29 is 9.90 Å². The number of carbonyl (C=O) groups is 1. The van der Waals surface area contributed by atoms with Crippen LogP contribution in [0, 0.1) is 0 Å². The first-order valence-electron chi connectivity index (χ1n) is 2.15. The molecule has 0 radical (unpaired) electrons. The first-order valence-corrected chi connectivity index (χ1v) is 3.83. The molecule has 1 atom stereocenters. The van der Waals surface area contributed by atoms with Crippen LogP contribution >= 0.6 is 24.4 Å². The normalized spacial score (nSPS) is 13.2. The van der Waals surface area contributed by atoms with E-state index in [1.807, 2.05) is 0 Å². The Labute approximate surface area is 58.1 Å². The maximum absolute atomic E-state index is 9.67. The van der Waals surface area contributed by atoms with Crippen LogP contribution in [0.25, 0.3) is 0 Å². The zero-order valence-corrected chi connectivity index (χ0v) is 5.99. The van der Waals surface area contributed by atoms with Crippen LogP contribution in [0.3, 0.4) is 0 Å². The van der Waals surface area contributed by atoms with Gasteiger partial charge in [-0.15, -0.1) is 11.8 Å². The quantitative estimate of drug-likeness (QED) is 0.342. The van der Waals surface area contributed by atoms with Crippen molar-refractivity contribution in [1.29, 1.82) is 0 Å². The molecule has 0 fully saturated rings. The Morgan fingerprint density at radius 2 is 2.50 bits per heavy atom. The van der Waals surface area contributed by atoms with E-state index in [-0.39, 0.29) is 0 Å². The molecule has 1 unspecified atom stereocenters. The molecule has 0 amide bonds. The van der Waals surface area contributed by atoms with E-state index in [2.05, 4.69) is 12.6 Å². The highest BCUT2D eigenvalue weighted by Gasteiger charge is 1.97. The molecule has 2 nitrogen and oxygen atoms in total. The van der Waals surface area contributed by atoms with Gasteiger partial charge in [0.15, 0.2) is 0 Å². The Kier molecular flexibility index (Phi) is 5.69. The van der Waals surface area contributed by atoms with E-state index in [1.165, 1.54) is 11.8 Å². The number of aldehydes is 1. The molecule has 0 aliphatic heterocycles. The minimum absolute atomic E-state index is 0.349. The second-order valence-corrected chi connectivity index (χ2v) is 2.71. The van der Waals surface area contributed by atoms with Crippen LogP contribution in [0.5, 0.6) is 0 Å². The molecule has 8 heavy (non-hydrogen) atoms. The van der Waals surface area contributed by atoms with Gasteiger partial charge in [0.1, 0.15) is 11.7 Å². The summed E-state index contributed by atoms with van der Waals surface area (Å²) in [5.41, 5.74) is -0.497. The van der Waals surface area contributed by atoms with Crippen molar-refractivity contribution >= 4 is 30.7 Å². The van der Waals surface area contributed by atoms with Crippen molar-refractivity contribution in [2.75, 3.05) is 11.5 Å². The van der Waals surface area contributed by atoms with Gasteiger partial charge in [-0.3, -0.25) is 0 Å². The standard InChI is InChI=1S/C4H8O2S2/c5-1-2-8-4(6)3-7/h1,4,6-7H,2-3H2. The third kappa shape index (κ3) is 4.49. The summed E-state index contributed by atoms with van der Waals surface area (Å²) < 4.78 is 0. The summed E-state index contributed by atoms with van der Waals surface area (Å²) in [6.45, 7) is 0. The van der Waals surface area contributed by atoms with Crippen molar-refractivity contribution in [1.82, 2.24) is 0 Å². The summed E-state index contributed by atoms with van der Waals surface area (Å²) in [5, 5.41) is 8.72. The molecule has 0 spiro atoms. The first kappa shape index (κ1) is 8.33. The number of hydrogen-bond acceptors (Lipinski definition) is 4. The number of thioether (sulfide) groups is 1. The van der Waals surface area contributed by atoms with Gasteiger partial charge in [0.25, 0.3) is 0 Å². The third-order valence-corrected chi connectivity index (χ3v) is 1.99. The van der Waals surface area contributed by atoms with E-state index in [0.717, 1.165) is 6.29 Å². The monoisotopic (exact) mass is 152 g/mol. The van der Waals surface area contributed by atoms with Crippen molar-refractivity contribution in [3.63, 3.8) is 0 Å². The zero-order chi connectivity index (χ0) is 6.41. The topological polar surface area (TPSA) is 37.3 Å². The zero-order valence-electron chi connectivity index (χ0n) is 4.28. The molecular formula is C4H8O2S2. The number of hydrogen-bond donors (Lipinski definition) is 2. The molecule has 1 N–H and O–H groups in total. The lowest BCUT2D eigenvalue weighted by molar-refractivity contribution is -0.105. The highest BCUT2D eigenvalue weighted by atomic mass is 32.2. The van der Waals surface area contributed by atoms with Crippen LogP contribution in [-0.4, -0.2) is 28.3 Å². The summed E-state index contributed by atoms with van der Waals surface area (Å²) in [6, 6.07) is 0. The molecule has 0 aliphatic rings. The minimum Gasteiger partial charge on any atom is -0.382 e. The number of aliphatic hydroxyl groups is 1. The van der Waals surface area contributed by atoms with E-state index < -0.39 is 5.44 Å². The number of aliphatic hydroxyl groups excluding tert-OH is 1. The lowest BCUT2D eigenvalue weighted by Gasteiger charge is -2.00. The fraction of sp³-hybridized carbons (Fsp3) is 0.750. The van der Waals surface area contributed by atoms with E-state index in [4.69, 9.17) is 5.11 Å². The highest BCUT2D eigenvalue weighted by Crippen LogP contribution is 2.06. The molecule has 0 saturated heterocycles. The van der Waals surface area contributed by atoms with Crippen LogP contribution in [0.1, 0.15) is 0 Å². The Morgan fingerprint density at radius 3 is 2.88 bits per heavy atom. The molecule has 48 valence electrons. The van der Waals surface area contributed by atoms with Gasteiger partial charge in [-0.25, -0.2) is 0 Å². The second kappa shape index (κ2) is 5.47. The molecule has 0 rings (SSSR count). The van der Waals surface area contributed by atoms with Gasteiger partial charge in [-0.2, -0.15) is 12.6 Å². The van der Waals surface area contributed by atoms with Crippen LogP contribution in [0.15, 0.2) is 0 Å². The lowest BCUT2D eigenvalue weighted by atomic mass is 10.9. The maximum Gasteiger partial charge on any atom is 0.129 e. The molecule has 0 aliphatic carbocycles. The summed E-state index contributed by atoms with van der Waals surface area (Å²) in [6.07, 6.45) is 0.761. The lowest BCUT2D eigenvalue weighted by Crippen LogP contribution is -2.03. The SMILES string of the molecule is O=CCSC(O)CS. The maximum atomic E-state index is 9.67. The summed E-state index contributed by atoms with van der Waals surface area (Å²) in [7, 11) is 0. The van der Waals surface area contributed by atoms with Gasteiger partial charge in [-0.05, 0) is 0 Å². The molecule has 0 heterocycles. The predicted molar refractivity (Wildman–Crippen MR) is 38.4 cm³/mol. The number of carbonyl (C=O) groups excluding carboxylic acids is 1. The largest absolute Gasteiger partial charge is 0.382 e. The van der Waals surface area contributed by atoms with Crippen molar-refractivity contribution in [3.05, 3.63) is 0 Å². The highest BCUT2D eigenvalue weighted by molar-refractivity contribution is 8.00. The van der Waals surface area contributed by atoms with E-state index in [1.54, 1.807) is 0 Å². The summed E-state index contributed by atoms with van der Waals surface area (Å²) >= 11 is 4.99. The Bertz CT molecular complexity index is 67.1. The number of rotatable bonds is 4. The molecular weight excluding hydrogens is 144 g/mol. The second-order valence-electron chi connectivity index (χ2n) is 1.14.